The molecule has 1 rings (SSSR count). The SMILES string of the molecule is CCCCCC(C)Nc1ccc(N)cc1. The van der Waals surface area contributed by atoms with Crippen molar-refractivity contribution in [2.24, 2.45) is 0 Å². The zero-order valence-electron chi connectivity index (χ0n) is 9.79. The number of nitrogens with two attached hydrogens (primary N) is 1. The molecule has 0 aromatic heterocycles. The van der Waals surface area contributed by atoms with Gasteiger partial charge < -0.3 is 11.1 Å². The molecule has 15 heavy (non-hydrogen) atoms. The molecule has 0 amide bonds. The van der Waals surface area contributed by atoms with E-state index in [-0.39, 0.29) is 0 Å². The quantitative estimate of drug-likeness (QED) is 0.550. The molecule has 0 aliphatic heterocycles. The molecule has 1 unspecified atom stereocenters. The number of nitrogen functional groups attached to an aromatic ring is 1. The Hall–Kier alpha value is -1.18. The topological polar surface area (TPSA) is 38.0 Å². The first-order valence-corrected chi connectivity index (χ1v) is 5.84. The minimum Gasteiger partial charge on any atom is -0.399 e. The van der Waals surface area contributed by atoms with Crippen LogP contribution in [0.2, 0.25) is 0 Å². The molecule has 0 fully saturated rings. The molecule has 1 aromatic carbocycles. The second-order valence-corrected chi connectivity index (χ2v) is 4.16. The molecule has 2 heteroatoms. The van der Waals surface area contributed by atoms with Gasteiger partial charge in [-0.2, -0.15) is 0 Å². The fourth-order valence-electron chi connectivity index (χ4n) is 1.64. The molecular weight excluding hydrogens is 184 g/mol. The average molecular weight is 206 g/mol. The van der Waals surface area contributed by atoms with Gasteiger partial charge in [-0.25, -0.2) is 0 Å². The van der Waals surface area contributed by atoms with Crippen LogP contribution in [0.5, 0.6) is 0 Å². The summed E-state index contributed by atoms with van der Waals surface area (Å²) in [4.78, 5) is 0. The summed E-state index contributed by atoms with van der Waals surface area (Å²) in [6.07, 6.45) is 5.15. The zero-order valence-corrected chi connectivity index (χ0v) is 9.79. The Morgan fingerprint density at radius 3 is 2.47 bits per heavy atom. The van der Waals surface area contributed by atoms with Crippen LogP contribution in [0.1, 0.15) is 39.5 Å². The first kappa shape index (κ1) is 11.9. The molecule has 84 valence electrons. The van der Waals surface area contributed by atoms with E-state index in [0.717, 1.165) is 11.4 Å². The van der Waals surface area contributed by atoms with E-state index < -0.39 is 0 Å². The second-order valence-electron chi connectivity index (χ2n) is 4.16. The fraction of sp³-hybridized carbons (Fsp3) is 0.538. The monoisotopic (exact) mass is 206 g/mol. The van der Waals surface area contributed by atoms with Crippen molar-refractivity contribution in [3.8, 4) is 0 Å². The van der Waals surface area contributed by atoms with Crippen molar-refractivity contribution in [3.63, 3.8) is 0 Å². The molecule has 0 spiro atoms. The fourth-order valence-corrected chi connectivity index (χ4v) is 1.64. The van der Waals surface area contributed by atoms with E-state index in [4.69, 9.17) is 5.73 Å². The number of benzene rings is 1. The number of rotatable bonds is 6. The maximum absolute atomic E-state index is 5.63. The summed E-state index contributed by atoms with van der Waals surface area (Å²) in [5.41, 5.74) is 7.61. The molecule has 0 saturated heterocycles. The average Bonchev–Trinajstić information content (AvgIpc) is 2.22. The normalized spacial score (nSPS) is 12.4. The largest absolute Gasteiger partial charge is 0.399 e. The van der Waals surface area contributed by atoms with E-state index in [1.807, 2.05) is 24.3 Å². The molecule has 0 saturated carbocycles. The molecule has 2 nitrogen and oxygen atoms in total. The van der Waals surface area contributed by atoms with Gasteiger partial charge in [-0.1, -0.05) is 26.2 Å². The highest BCUT2D eigenvalue weighted by molar-refractivity contribution is 5.51. The number of hydrogen-bond acceptors (Lipinski definition) is 2. The summed E-state index contributed by atoms with van der Waals surface area (Å²) in [5, 5.41) is 3.47. The smallest absolute Gasteiger partial charge is 0.0343 e. The molecule has 0 bridgehead atoms. The van der Waals surface area contributed by atoms with Crippen molar-refractivity contribution in [1.82, 2.24) is 0 Å². The van der Waals surface area contributed by atoms with Crippen molar-refractivity contribution in [3.05, 3.63) is 24.3 Å². The first-order chi connectivity index (χ1) is 7.22. The van der Waals surface area contributed by atoms with E-state index in [0.29, 0.717) is 6.04 Å². The van der Waals surface area contributed by atoms with Gasteiger partial charge >= 0.3 is 0 Å². The molecule has 0 radical (unpaired) electrons. The van der Waals surface area contributed by atoms with Gasteiger partial charge in [0.1, 0.15) is 0 Å². The van der Waals surface area contributed by atoms with Crippen LogP contribution in [0.15, 0.2) is 24.3 Å². The van der Waals surface area contributed by atoms with Crippen LogP contribution in [0.3, 0.4) is 0 Å². The van der Waals surface area contributed by atoms with Crippen LogP contribution < -0.4 is 11.1 Å². The number of unbranched alkanes of at least 4 members (excludes halogenated alkanes) is 2. The molecule has 0 heterocycles. The van der Waals surface area contributed by atoms with E-state index in [2.05, 4.69) is 19.2 Å². The van der Waals surface area contributed by atoms with Gasteiger partial charge in [0.2, 0.25) is 0 Å². The Morgan fingerprint density at radius 1 is 1.20 bits per heavy atom. The minimum atomic E-state index is 0.542. The van der Waals surface area contributed by atoms with Gasteiger partial charge in [0.05, 0.1) is 0 Å². The Labute approximate surface area is 92.9 Å². The maximum atomic E-state index is 5.63. The summed E-state index contributed by atoms with van der Waals surface area (Å²) >= 11 is 0. The van der Waals surface area contributed by atoms with Crippen molar-refractivity contribution in [2.75, 3.05) is 11.1 Å². The molecule has 1 aromatic rings. The third kappa shape index (κ3) is 4.73. The van der Waals surface area contributed by atoms with Crippen molar-refractivity contribution in [2.45, 2.75) is 45.6 Å². The van der Waals surface area contributed by atoms with E-state index in [9.17, 15) is 0 Å². The summed E-state index contributed by atoms with van der Waals surface area (Å²) in [6.45, 7) is 4.46. The van der Waals surface area contributed by atoms with E-state index >= 15 is 0 Å². The lowest BCUT2D eigenvalue weighted by atomic mass is 10.1. The Kier molecular flexibility index (Phi) is 5.02. The summed E-state index contributed by atoms with van der Waals surface area (Å²) in [6, 6.07) is 8.47. The predicted octanol–water partition coefficient (Wildman–Crippen LogP) is 3.65. The molecule has 3 N–H and O–H groups in total. The molecular formula is C13H22N2. The third-order valence-corrected chi connectivity index (χ3v) is 2.56. The van der Waals surface area contributed by atoms with E-state index in [1.165, 1.54) is 25.7 Å². The summed E-state index contributed by atoms with van der Waals surface area (Å²) in [5.74, 6) is 0. The van der Waals surface area contributed by atoms with Crippen molar-refractivity contribution >= 4 is 11.4 Å². The minimum absolute atomic E-state index is 0.542. The number of anilines is 2. The standard InChI is InChI=1S/C13H22N2/c1-3-4-5-6-11(2)15-13-9-7-12(14)8-10-13/h7-11,15H,3-6,14H2,1-2H3. The van der Waals surface area contributed by atoms with Gasteiger partial charge in [0, 0.05) is 17.4 Å². The molecule has 0 aliphatic rings. The van der Waals surface area contributed by atoms with Crippen molar-refractivity contribution in [1.29, 1.82) is 0 Å². The highest BCUT2D eigenvalue weighted by Crippen LogP contribution is 2.13. The van der Waals surface area contributed by atoms with Gasteiger partial charge in [-0.15, -0.1) is 0 Å². The lowest BCUT2D eigenvalue weighted by Crippen LogP contribution is -2.14. The van der Waals surface area contributed by atoms with Crippen LogP contribution in [0.4, 0.5) is 11.4 Å². The van der Waals surface area contributed by atoms with Gasteiger partial charge in [0.15, 0.2) is 0 Å². The Morgan fingerprint density at radius 2 is 1.87 bits per heavy atom. The van der Waals surface area contributed by atoms with Gasteiger partial charge in [-0.05, 0) is 37.6 Å². The Bertz CT molecular complexity index is 266. The summed E-state index contributed by atoms with van der Waals surface area (Å²) < 4.78 is 0. The number of nitrogens with one attached hydrogen (secondary N) is 1. The molecule has 1 atom stereocenters. The lowest BCUT2D eigenvalue weighted by molar-refractivity contribution is 0.615. The second kappa shape index (κ2) is 6.33. The predicted molar refractivity (Wildman–Crippen MR) is 68.1 cm³/mol. The first-order valence-electron chi connectivity index (χ1n) is 5.84. The zero-order chi connectivity index (χ0) is 11.1. The number of hydrogen-bond donors (Lipinski definition) is 2. The maximum Gasteiger partial charge on any atom is 0.0343 e. The van der Waals surface area contributed by atoms with Crippen molar-refractivity contribution < 1.29 is 0 Å². The summed E-state index contributed by atoms with van der Waals surface area (Å²) in [7, 11) is 0. The van der Waals surface area contributed by atoms with Gasteiger partial charge in [-0.3, -0.25) is 0 Å². The third-order valence-electron chi connectivity index (χ3n) is 2.56. The van der Waals surface area contributed by atoms with Crippen LogP contribution in [0, 0.1) is 0 Å². The van der Waals surface area contributed by atoms with Crippen LogP contribution in [-0.2, 0) is 0 Å². The van der Waals surface area contributed by atoms with Crippen LogP contribution >= 0.6 is 0 Å². The Balaban J connectivity index is 2.31. The van der Waals surface area contributed by atoms with Crippen LogP contribution in [0.25, 0.3) is 0 Å². The van der Waals surface area contributed by atoms with Gasteiger partial charge in [0.25, 0.3) is 0 Å². The highest BCUT2D eigenvalue weighted by atomic mass is 14.9. The van der Waals surface area contributed by atoms with Crippen LogP contribution in [-0.4, -0.2) is 6.04 Å². The van der Waals surface area contributed by atoms with E-state index in [1.54, 1.807) is 0 Å². The lowest BCUT2D eigenvalue weighted by Gasteiger charge is -2.14. The molecule has 0 aliphatic carbocycles. The highest BCUT2D eigenvalue weighted by Gasteiger charge is 2.00.